The molecule has 2 rings (SSSR count). The molecule has 0 saturated heterocycles. The molecule has 3 nitrogen and oxygen atoms in total. The fourth-order valence-electron chi connectivity index (χ4n) is 2.24. The molecule has 0 radical (unpaired) electrons. The summed E-state index contributed by atoms with van der Waals surface area (Å²) in [5.41, 5.74) is 1.23. The Morgan fingerprint density at radius 2 is 2.22 bits per heavy atom. The second-order valence-electron chi connectivity index (χ2n) is 6.00. The third-order valence-corrected chi connectivity index (χ3v) is 4.29. The van der Waals surface area contributed by atoms with Crippen molar-refractivity contribution in [3.63, 3.8) is 0 Å². The van der Waals surface area contributed by atoms with Crippen LogP contribution in [0, 0.1) is 0 Å². The van der Waals surface area contributed by atoms with Crippen molar-refractivity contribution >= 4 is 17.2 Å². The zero-order chi connectivity index (χ0) is 13.3. The Bertz CT molecular complexity index is 433. The topological polar surface area (TPSA) is 32.3 Å². The molecular formula is C14H22N2OS. The first-order valence-electron chi connectivity index (χ1n) is 6.48. The van der Waals surface area contributed by atoms with Crippen LogP contribution in [0.15, 0.2) is 11.4 Å². The van der Waals surface area contributed by atoms with Gasteiger partial charge in [0.05, 0.1) is 6.04 Å². The van der Waals surface area contributed by atoms with E-state index in [2.05, 4.69) is 21.7 Å². The van der Waals surface area contributed by atoms with Crippen molar-refractivity contribution in [1.82, 2.24) is 10.2 Å². The average molecular weight is 266 g/mol. The zero-order valence-corrected chi connectivity index (χ0v) is 12.4. The van der Waals surface area contributed by atoms with E-state index < -0.39 is 0 Å². The van der Waals surface area contributed by atoms with E-state index in [1.54, 1.807) is 0 Å². The Morgan fingerprint density at radius 3 is 2.89 bits per heavy atom. The third-order valence-electron chi connectivity index (χ3n) is 3.26. The first kappa shape index (κ1) is 13.6. The smallest absolute Gasteiger partial charge is 0.237 e. The van der Waals surface area contributed by atoms with Crippen LogP contribution in [0.3, 0.4) is 0 Å². The summed E-state index contributed by atoms with van der Waals surface area (Å²) in [4.78, 5) is 15.9. The van der Waals surface area contributed by atoms with Gasteiger partial charge in [-0.3, -0.25) is 9.69 Å². The summed E-state index contributed by atoms with van der Waals surface area (Å²) in [7, 11) is 0. The molecule has 1 aromatic rings. The lowest BCUT2D eigenvalue weighted by atomic mass is 10.1. The first-order chi connectivity index (χ1) is 8.37. The van der Waals surface area contributed by atoms with Crippen LogP contribution < -0.4 is 5.32 Å². The summed E-state index contributed by atoms with van der Waals surface area (Å²) < 4.78 is 0. The van der Waals surface area contributed by atoms with Gasteiger partial charge in [0.15, 0.2) is 0 Å². The van der Waals surface area contributed by atoms with Gasteiger partial charge in [0.1, 0.15) is 0 Å². The van der Waals surface area contributed by atoms with Gasteiger partial charge in [0.2, 0.25) is 5.91 Å². The normalized spacial score (nSPS) is 18.2. The molecule has 1 aliphatic rings. The Hall–Kier alpha value is -0.870. The lowest BCUT2D eigenvalue weighted by Gasteiger charge is -2.33. The van der Waals surface area contributed by atoms with Crippen molar-refractivity contribution in [1.29, 1.82) is 0 Å². The number of amides is 1. The number of nitrogens with one attached hydrogen (secondary N) is 1. The molecule has 1 aromatic heterocycles. The quantitative estimate of drug-likeness (QED) is 0.891. The highest BCUT2D eigenvalue weighted by Crippen LogP contribution is 2.25. The molecule has 1 atom stereocenters. The molecule has 2 heterocycles. The van der Waals surface area contributed by atoms with E-state index in [1.807, 2.05) is 39.0 Å². The van der Waals surface area contributed by atoms with E-state index in [4.69, 9.17) is 0 Å². The van der Waals surface area contributed by atoms with Crippen LogP contribution in [-0.2, 0) is 17.8 Å². The van der Waals surface area contributed by atoms with Gasteiger partial charge >= 0.3 is 0 Å². The highest BCUT2D eigenvalue weighted by Gasteiger charge is 2.27. The van der Waals surface area contributed by atoms with Crippen molar-refractivity contribution in [3.8, 4) is 0 Å². The van der Waals surface area contributed by atoms with Crippen LogP contribution in [0.5, 0.6) is 0 Å². The van der Waals surface area contributed by atoms with Crippen LogP contribution in [0.4, 0.5) is 0 Å². The summed E-state index contributed by atoms with van der Waals surface area (Å²) in [6.45, 7) is 9.93. The molecule has 4 heteroatoms. The number of rotatable bonds is 2. The Kier molecular flexibility index (Phi) is 3.78. The van der Waals surface area contributed by atoms with E-state index in [9.17, 15) is 4.79 Å². The lowest BCUT2D eigenvalue weighted by Crippen LogP contribution is -2.51. The van der Waals surface area contributed by atoms with E-state index in [-0.39, 0.29) is 17.5 Å². The number of hydrogen-bond acceptors (Lipinski definition) is 3. The summed E-state index contributed by atoms with van der Waals surface area (Å²) in [5.74, 6) is 0.126. The average Bonchev–Trinajstić information content (AvgIpc) is 2.72. The SMILES string of the molecule is C[C@@H](C(=O)NC(C)(C)C)N1CCc2sccc2C1. The molecular weight excluding hydrogens is 244 g/mol. The van der Waals surface area contributed by atoms with Crippen LogP contribution in [-0.4, -0.2) is 28.9 Å². The third kappa shape index (κ3) is 3.12. The van der Waals surface area contributed by atoms with Crippen LogP contribution >= 0.6 is 11.3 Å². The van der Waals surface area contributed by atoms with Crippen molar-refractivity contribution in [2.45, 2.75) is 52.2 Å². The molecule has 1 amide bonds. The molecule has 1 aliphatic heterocycles. The van der Waals surface area contributed by atoms with Crippen molar-refractivity contribution in [2.75, 3.05) is 6.54 Å². The zero-order valence-electron chi connectivity index (χ0n) is 11.6. The lowest BCUT2D eigenvalue weighted by molar-refractivity contribution is -0.127. The number of fused-ring (bicyclic) bond motifs is 1. The summed E-state index contributed by atoms with van der Waals surface area (Å²) in [5, 5.41) is 5.20. The Morgan fingerprint density at radius 1 is 1.50 bits per heavy atom. The van der Waals surface area contributed by atoms with Gasteiger partial charge in [-0.1, -0.05) is 0 Å². The predicted molar refractivity (Wildman–Crippen MR) is 75.8 cm³/mol. The van der Waals surface area contributed by atoms with Gasteiger partial charge in [-0.15, -0.1) is 11.3 Å². The van der Waals surface area contributed by atoms with E-state index in [1.165, 1.54) is 10.4 Å². The number of carbonyl (C=O) groups excluding carboxylic acids is 1. The summed E-state index contributed by atoms with van der Waals surface area (Å²) in [6.07, 6.45) is 1.07. The molecule has 0 saturated carbocycles. The van der Waals surface area contributed by atoms with Crippen molar-refractivity contribution in [3.05, 3.63) is 21.9 Å². The molecule has 0 spiro atoms. The monoisotopic (exact) mass is 266 g/mol. The number of nitrogens with zero attached hydrogens (tertiary/aromatic N) is 1. The maximum absolute atomic E-state index is 12.2. The minimum atomic E-state index is -0.158. The van der Waals surface area contributed by atoms with E-state index in [0.29, 0.717) is 0 Å². The van der Waals surface area contributed by atoms with E-state index in [0.717, 1.165) is 19.5 Å². The first-order valence-corrected chi connectivity index (χ1v) is 7.36. The Labute approximate surface area is 113 Å². The van der Waals surface area contributed by atoms with Crippen molar-refractivity contribution in [2.24, 2.45) is 0 Å². The second-order valence-corrected chi connectivity index (χ2v) is 7.01. The van der Waals surface area contributed by atoms with Crippen LogP contribution in [0.25, 0.3) is 0 Å². The highest BCUT2D eigenvalue weighted by molar-refractivity contribution is 7.10. The van der Waals surface area contributed by atoms with E-state index >= 15 is 0 Å². The second kappa shape index (κ2) is 5.02. The summed E-state index contributed by atoms with van der Waals surface area (Å²) >= 11 is 1.83. The van der Waals surface area contributed by atoms with Gasteiger partial charge in [0, 0.05) is 23.5 Å². The fraction of sp³-hybridized carbons (Fsp3) is 0.643. The number of carbonyl (C=O) groups is 1. The summed E-state index contributed by atoms with van der Waals surface area (Å²) in [6, 6.07) is 2.12. The molecule has 18 heavy (non-hydrogen) atoms. The fourth-order valence-corrected chi connectivity index (χ4v) is 3.13. The van der Waals surface area contributed by atoms with Gasteiger partial charge in [-0.25, -0.2) is 0 Å². The van der Waals surface area contributed by atoms with Gasteiger partial charge < -0.3 is 5.32 Å². The van der Waals surface area contributed by atoms with Crippen LogP contribution in [0.2, 0.25) is 0 Å². The van der Waals surface area contributed by atoms with Crippen molar-refractivity contribution < 1.29 is 4.79 Å². The molecule has 0 unspecified atom stereocenters. The number of hydrogen-bond donors (Lipinski definition) is 1. The van der Waals surface area contributed by atoms with Gasteiger partial charge in [-0.2, -0.15) is 0 Å². The maximum Gasteiger partial charge on any atom is 0.237 e. The van der Waals surface area contributed by atoms with Crippen LogP contribution in [0.1, 0.15) is 38.1 Å². The highest BCUT2D eigenvalue weighted by atomic mass is 32.1. The molecule has 0 bridgehead atoms. The number of thiophene rings is 1. The standard InChI is InChI=1S/C14H22N2OS/c1-10(13(17)15-14(2,3)4)16-7-5-12-11(9-16)6-8-18-12/h6,8,10H,5,7,9H2,1-4H3,(H,15,17)/t10-/m0/s1. The molecule has 0 aliphatic carbocycles. The van der Waals surface area contributed by atoms with Gasteiger partial charge in [0.25, 0.3) is 0 Å². The largest absolute Gasteiger partial charge is 0.350 e. The molecule has 1 N–H and O–H groups in total. The minimum absolute atomic E-state index is 0.0581. The molecule has 0 aromatic carbocycles. The predicted octanol–water partition coefficient (Wildman–Crippen LogP) is 2.41. The minimum Gasteiger partial charge on any atom is -0.350 e. The Balaban J connectivity index is 1.99. The molecule has 0 fully saturated rings. The maximum atomic E-state index is 12.2. The molecule has 100 valence electrons. The van der Waals surface area contributed by atoms with Gasteiger partial charge in [-0.05, 0) is 51.1 Å².